The highest BCUT2D eigenvalue weighted by Crippen LogP contribution is 2.07. The van der Waals surface area contributed by atoms with Crippen LogP contribution in [-0.2, 0) is 0 Å². The molecule has 0 N–H and O–H groups in total. The van der Waals surface area contributed by atoms with Crippen LogP contribution in [0.15, 0.2) is 43.0 Å². The second kappa shape index (κ2) is 5.40. The molecular weight excluding hydrogens is 226 g/mol. The molecule has 0 aliphatic heterocycles. The van der Waals surface area contributed by atoms with Crippen LogP contribution < -0.4 is 0 Å². The molecule has 0 aliphatic rings. The molecule has 0 bridgehead atoms. The van der Waals surface area contributed by atoms with Crippen LogP contribution in [0, 0.1) is 0 Å². The molecule has 0 saturated heterocycles. The van der Waals surface area contributed by atoms with E-state index in [0.717, 1.165) is 5.56 Å². The molecule has 2 aromatic heterocycles. The van der Waals surface area contributed by atoms with Gasteiger partial charge in [-0.2, -0.15) is 5.10 Å². The third-order valence-electron chi connectivity index (χ3n) is 2.53. The van der Waals surface area contributed by atoms with E-state index in [1.165, 1.54) is 0 Å². The number of hydrogen-bond acceptors (Lipinski definition) is 3. The largest absolute Gasteiger partial charge is 0.289 e. The minimum Gasteiger partial charge on any atom is -0.289 e. The van der Waals surface area contributed by atoms with Crippen molar-refractivity contribution >= 4 is 11.9 Å². The van der Waals surface area contributed by atoms with Gasteiger partial charge in [0.2, 0.25) is 0 Å². The van der Waals surface area contributed by atoms with Gasteiger partial charge in [-0.1, -0.05) is 6.07 Å². The maximum Gasteiger partial charge on any atom is 0.189 e. The van der Waals surface area contributed by atoms with Crippen LogP contribution in [0.25, 0.3) is 6.08 Å². The van der Waals surface area contributed by atoms with Gasteiger partial charge in [0.25, 0.3) is 0 Å². The summed E-state index contributed by atoms with van der Waals surface area (Å²) in [5, 5.41) is 4.14. The van der Waals surface area contributed by atoms with Gasteiger partial charge in [-0.25, -0.2) is 0 Å². The molecule has 2 heterocycles. The van der Waals surface area contributed by atoms with Crippen LogP contribution in [-0.4, -0.2) is 20.5 Å². The Bertz CT molecular complexity index is 555. The lowest BCUT2D eigenvalue weighted by Crippen LogP contribution is -2.00. The van der Waals surface area contributed by atoms with Gasteiger partial charge in [0.1, 0.15) is 0 Å². The third-order valence-corrected chi connectivity index (χ3v) is 2.53. The smallest absolute Gasteiger partial charge is 0.189 e. The number of rotatable bonds is 4. The Morgan fingerprint density at radius 2 is 2.22 bits per heavy atom. The van der Waals surface area contributed by atoms with E-state index < -0.39 is 0 Å². The van der Waals surface area contributed by atoms with E-state index in [2.05, 4.69) is 10.1 Å². The SMILES string of the molecule is CC(C)n1cc(C(=O)C=Cc2cccnc2)cn1. The average Bonchev–Trinajstić information content (AvgIpc) is 2.87. The topological polar surface area (TPSA) is 47.8 Å². The number of nitrogens with zero attached hydrogens (tertiary/aromatic N) is 3. The van der Waals surface area contributed by atoms with Crippen molar-refractivity contribution in [1.82, 2.24) is 14.8 Å². The monoisotopic (exact) mass is 241 g/mol. The highest BCUT2D eigenvalue weighted by atomic mass is 16.1. The van der Waals surface area contributed by atoms with E-state index in [1.54, 1.807) is 41.6 Å². The standard InChI is InChI=1S/C14H15N3O/c1-11(2)17-10-13(9-16-17)14(18)6-5-12-4-3-7-15-8-12/h3-11H,1-2H3. The molecule has 92 valence electrons. The highest BCUT2D eigenvalue weighted by molar-refractivity contribution is 6.06. The summed E-state index contributed by atoms with van der Waals surface area (Å²) in [6.45, 7) is 4.04. The van der Waals surface area contributed by atoms with Crippen LogP contribution >= 0.6 is 0 Å². The minimum atomic E-state index is -0.0502. The molecule has 4 nitrogen and oxygen atoms in total. The Morgan fingerprint density at radius 1 is 1.39 bits per heavy atom. The quantitative estimate of drug-likeness (QED) is 0.611. The van der Waals surface area contributed by atoms with Crippen molar-refractivity contribution in [1.29, 1.82) is 0 Å². The first-order valence-electron chi connectivity index (χ1n) is 5.83. The van der Waals surface area contributed by atoms with Crippen LogP contribution in [0.1, 0.15) is 35.8 Å². The summed E-state index contributed by atoms with van der Waals surface area (Å²) in [7, 11) is 0. The first-order valence-corrected chi connectivity index (χ1v) is 5.83. The maximum absolute atomic E-state index is 11.9. The molecule has 18 heavy (non-hydrogen) atoms. The molecule has 2 aromatic rings. The van der Waals surface area contributed by atoms with Crippen molar-refractivity contribution < 1.29 is 4.79 Å². The predicted molar refractivity (Wildman–Crippen MR) is 70.2 cm³/mol. The van der Waals surface area contributed by atoms with E-state index in [0.29, 0.717) is 5.56 Å². The molecule has 4 heteroatoms. The lowest BCUT2D eigenvalue weighted by atomic mass is 10.2. The van der Waals surface area contributed by atoms with Gasteiger partial charge in [-0.15, -0.1) is 0 Å². The van der Waals surface area contributed by atoms with Gasteiger partial charge in [0, 0.05) is 24.6 Å². The molecule has 0 amide bonds. The zero-order chi connectivity index (χ0) is 13.0. The predicted octanol–water partition coefficient (Wildman–Crippen LogP) is 2.76. The highest BCUT2D eigenvalue weighted by Gasteiger charge is 2.06. The Morgan fingerprint density at radius 3 is 2.83 bits per heavy atom. The second-order valence-corrected chi connectivity index (χ2v) is 4.29. The van der Waals surface area contributed by atoms with E-state index in [4.69, 9.17) is 0 Å². The van der Waals surface area contributed by atoms with E-state index >= 15 is 0 Å². The van der Waals surface area contributed by atoms with Gasteiger partial charge < -0.3 is 0 Å². The zero-order valence-corrected chi connectivity index (χ0v) is 10.4. The van der Waals surface area contributed by atoms with Crippen LogP contribution in [0.4, 0.5) is 0 Å². The first-order chi connectivity index (χ1) is 8.66. The first kappa shape index (κ1) is 12.2. The van der Waals surface area contributed by atoms with Crippen LogP contribution in [0.2, 0.25) is 0 Å². The van der Waals surface area contributed by atoms with Gasteiger partial charge in [-0.05, 0) is 37.6 Å². The minimum absolute atomic E-state index is 0.0502. The Labute approximate surface area is 106 Å². The van der Waals surface area contributed by atoms with Crippen molar-refractivity contribution in [3.8, 4) is 0 Å². The van der Waals surface area contributed by atoms with Crippen molar-refractivity contribution in [2.24, 2.45) is 0 Å². The summed E-state index contributed by atoms with van der Waals surface area (Å²) < 4.78 is 1.77. The molecule has 0 spiro atoms. The fourth-order valence-electron chi connectivity index (χ4n) is 1.49. The summed E-state index contributed by atoms with van der Waals surface area (Å²) >= 11 is 0. The number of pyridine rings is 1. The Balaban J connectivity index is 2.10. The van der Waals surface area contributed by atoms with Gasteiger partial charge in [0.15, 0.2) is 5.78 Å². The van der Waals surface area contributed by atoms with Gasteiger partial charge in [-0.3, -0.25) is 14.5 Å². The zero-order valence-electron chi connectivity index (χ0n) is 10.4. The molecule has 0 saturated carbocycles. The number of carbonyl (C=O) groups excluding carboxylic acids is 1. The summed E-state index contributed by atoms with van der Waals surface area (Å²) in [5.74, 6) is -0.0502. The van der Waals surface area contributed by atoms with Crippen molar-refractivity contribution in [3.05, 3.63) is 54.1 Å². The number of aromatic nitrogens is 3. The van der Waals surface area contributed by atoms with Crippen molar-refractivity contribution in [2.45, 2.75) is 19.9 Å². The second-order valence-electron chi connectivity index (χ2n) is 4.29. The molecule has 0 aliphatic carbocycles. The number of allylic oxidation sites excluding steroid dienone is 1. The number of ketones is 1. The average molecular weight is 241 g/mol. The van der Waals surface area contributed by atoms with Gasteiger partial charge >= 0.3 is 0 Å². The summed E-state index contributed by atoms with van der Waals surface area (Å²) in [6, 6.07) is 3.99. The Kier molecular flexibility index (Phi) is 3.67. The molecule has 0 atom stereocenters. The molecule has 0 fully saturated rings. The van der Waals surface area contributed by atoms with E-state index in [1.807, 2.05) is 26.0 Å². The maximum atomic E-state index is 11.9. The summed E-state index contributed by atoms with van der Waals surface area (Å²) in [4.78, 5) is 15.9. The fraction of sp³-hybridized carbons (Fsp3) is 0.214. The Hall–Kier alpha value is -2.23. The normalized spacial score (nSPS) is 11.3. The van der Waals surface area contributed by atoms with E-state index in [-0.39, 0.29) is 11.8 Å². The molecule has 0 aromatic carbocycles. The number of hydrogen-bond donors (Lipinski definition) is 0. The lowest BCUT2D eigenvalue weighted by molar-refractivity contribution is 0.104. The molecule has 0 radical (unpaired) electrons. The van der Waals surface area contributed by atoms with Crippen LogP contribution in [0.3, 0.4) is 0 Å². The molecule has 0 unspecified atom stereocenters. The summed E-state index contributed by atoms with van der Waals surface area (Å²) in [5.41, 5.74) is 1.51. The third kappa shape index (κ3) is 2.91. The van der Waals surface area contributed by atoms with Crippen molar-refractivity contribution in [2.75, 3.05) is 0 Å². The fourth-order valence-corrected chi connectivity index (χ4v) is 1.49. The molecular formula is C14H15N3O. The van der Waals surface area contributed by atoms with E-state index in [9.17, 15) is 4.79 Å². The number of carbonyl (C=O) groups is 1. The van der Waals surface area contributed by atoms with Gasteiger partial charge in [0.05, 0.1) is 11.8 Å². The van der Waals surface area contributed by atoms with Crippen LogP contribution in [0.5, 0.6) is 0 Å². The molecule has 2 rings (SSSR count). The summed E-state index contributed by atoms with van der Waals surface area (Å²) in [6.07, 6.45) is 10.1. The van der Waals surface area contributed by atoms with Crippen molar-refractivity contribution in [3.63, 3.8) is 0 Å². The lowest BCUT2D eigenvalue weighted by Gasteiger charge is -2.02.